The molecule has 1 aliphatic rings. The Labute approximate surface area is 187 Å². The zero-order valence-electron chi connectivity index (χ0n) is 18.4. The molecule has 1 N–H and O–H groups in total. The highest BCUT2D eigenvalue weighted by Crippen LogP contribution is 2.28. The van der Waals surface area contributed by atoms with Gasteiger partial charge in [-0.3, -0.25) is 4.79 Å². The molecule has 1 aliphatic heterocycles. The van der Waals surface area contributed by atoms with Gasteiger partial charge < -0.3 is 14.4 Å². The van der Waals surface area contributed by atoms with E-state index in [-0.39, 0.29) is 29.1 Å². The number of hydrogen-bond donors (Lipinski definition) is 1. The lowest BCUT2D eigenvalue weighted by Crippen LogP contribution is -2.46. The molecule has 1 amide bonds. The Bertz CT molecular complexity index is 1170. The first kappa shape index (κ1) is 22.2. The lowest BCUT2D eigenvalue weighted by atomic mass is 9.98. The SMILES string of the molecule is Cc1noc(C)c1S(=O)(=O)N1CCCC(C(=O)NC(C)c2ccc(-n3ccnc3)cc2)C1. The van der Waals surface area contributed by atoms with Gasteiger partial charge in [0.1, 0.15) is 10.6 Å². The minimum absolute atomic E-state index is 0.102. The number of aromatic nitrogens is 3. The van der Waals surface area contributed by atoms with Gasteiger partial charge in [-0.15, -0.1) is 0 Å². The summed E-state index contributed by atoms with van der Waals surface area (Å²) in [4.78, 5) is 17.1. The predicted molar refractivity (Wildman–Crippen MR) is 118 cm³/mol. The third kappa shape index (κ3) is 4.33. The summed E-state index contributed by atoms with van der Waals surface area (Å²) in [5.41, 5.74) is 2.29. The first-order valence-corrected chi connectivity index (χ1v) is 12.0. The summed E-state index contributed by atoms with van der Waals surface area (Å²) in [7, 11) is -3.76. The maximum atomic E-state index is 13.1. The van der Waals surface area contributed by atoms with Crippen molar-refractivity contribution in [3.63, 3.8) is 0 Å². The molecule has 0 bridgehead atoms. The van der Waals surface area contributed by atoms with E-state index in [1.807, 2.05) is 42.0 Å². The van der Waals surface area contributed by atoms with Gasteiger partial charge in [0.05, 0.1) is 18.3 Å². The Morgan fingerprint density at radius 1 is 1.25 bits per heavy atom. The molecule has 2 unspecified atom stereocenters. The second-order valence-corrected chi connectivity index (χ2v) is 10.0. The number of nitrogens with one attached hydrogen (secondary N) is 1. The third-order valence-electron chi connectivity index (χ3n) is 5.88. The number of rotatable bonds is 6. The number of benzene rings is 1. The average Bonchev–Trinajstić information content (AvgIpc) is 3.44. The van der Waals surface area contributed by atoms with Crippen LogP contribution in [0.25, 0.3) is 5.69 Å². The molecule has 2 atom stereocenters. The largest absolute Gasteiger partial charge is 0.360 e. The van der Waals surface area contributed by atoms with Crippen molar-refractivity contribution in [2.75, 3.05) is 13.1 Å². The van der Waals surface area contributed by atoms with E-state index in [0.29, 0.717) is 25.1 Å². The average molecular weight is 458 g/mol. The summed E-state index contributed by atoms with van der Waals surface area (Å²) < 4.78 is 34.6. The molecule has 1 aromatic carbocycles. The van der Waals surface area contributed by atoms with E-state index in [1.165, 1.54) is 4.31 Å². The summed E-state index contributed by atoms with van der Waals surface area (Å²) in [5.74, 6) is -0.289. The molecule has 2 aromatic heterocycles. The van der Waals surface area contributed by atoms with Crippen molar-refractivity contribution in [3.8, 4) is 5.69 Å². The topological polar surface area (TPSA) is 110 Å². The lowest BCUT2D eigenvalue weighted by Gasteiger charge is -2.31. The molecule has 32 heavy (non-hydrogen) atoms. The van der Waals surface area contributed by atoms with E-state index in [4.69, 9.17) is 4.52 Å². The van der Waals surface area contributed by atoms with Crippen LogP contribution in [-0.2, 0) is 14.8 Å². The minimum Gasteiger partial charge on any atom is -0.360 e. The van der Waals surface area contributed by atoms with Crippen LogP contribution in [0.15, 0.2) is 52.4 Å². The summed E-state index contributed by atoms with van der Waals surface area (Å²) in [5, 5.41) is 6.80. The fourth-order valence-corrected chi connectivity index (χ4v) is 5.92. The number of imidazole rings is 1. The Kier molecular flexibility index (Phi) is 6.16. The summed E-state index contributed by atoms with van der Waals surface area (Å²) in [6, 6.07) is 7.68. The quantitative estimate of drug-likeness (QED) is 0.609. The third-order valence-corrected chi connectivity index (χ3v) is 7.99. The van der Waals surface area contributed by atoms with E-state index < -0.39 is 15.9 Å². The minimum atomic E-state index is -3.76. The fourth-order valence-electron chi connectivity index (χ4n) is 4.11. The van der Waals surface area contributed by atoms with Crippen molar-refractivity contribution in [1.82, 2.24) is 24.3 Å². The van der Waals surface area contributed by atoms with Gasteiger partial charge in [0.15, 0.2) is 5.76 Å². The second kappa shape index (κ2) is 8.87. The summed E-state index contributed by atoms with van der Waals surface area (Å²) in [6.45, 7) is 5.63. The number of aryl methyl sites for hydroxylation is 2. The van der Waals surface area contributed by atoms with Crippen LogP contribution in [-0.4, -0.2) is 46.4 Å². The highest BCUT2D eigenvalue weighted by Gasteiger charge is 2.36. The molecule has 1 fully saturated rings. The van der Waals surface area contributed by atoms with Crippen molar-refractivity contribution >= 4 is 15.9 Å². The second-order valence-electron chi connectivity index (χ2n) is 8.15. The van der Waals surface area contributed by atoms with E-state index in [9.17, 15) is 13.2 Å². The van der Waals surface area contributed by atoms with Crippen LogP contribution < -0.4 is 5.32 Å². The molecule has 170 valence electrons. The first-order chi connectivity index (χ1) is 15.3. The van der Waals surface area contributed by atoms with Gasteiger partial charge in [-0.2, -0.15) is 4.31 Å². The normalized spacial score (nSPS) is 18.4. The molecule has 0 aliphatic carbocycles. The molecule has 0 saturated carbocycles. The number of nitrogens with zero attached hydrogens (tertiary/aromatic N) is 4. The number of hydrogen-bond acceptors (Lipinski definition) is 6. The van der Waals surface area contributed by atoms with Crippen molar-refractivity contribution in [2.45, 2.75) is 44.6 Å². The molecule has 4 rings (SSSR count). The van der Waals surface area contributed by atoms with Crippen molar-refractivity contribution in [2.24, 2.45) is 5.92 Å². The lowest BCUT2D eigenvalue weighted by molar-refractivity contribution is -0.126. The van der Waals surface area contributed by atoms with Gasteiger partial charge in [-0.05, 0) is 51.3 Å². The molecule has 10 heteroatoms. The van der Waals surface area contributed by atoms with Crippen LogP contribution in [0.1, 0.15) is 42.8 Å². The smallest absolute Gasteiger partial charge is 0.248 e. The standard InChI is InChI=1S/C22H27N5O4S/c1-15(18-6-8-20(9-7-18)26-12-10-23-14-26)24-22(28)19-5-4-11-27(13-19)32(29,30)21-16(2)25-31-17(21)3/h6-10,12,14-15,19H,4-5,11,13H2,1-3H3,(H,24,28). The number of sulfonamides is 1. The van der Waals surface area contributed by atoms with E-state index in [1.54, 1.807) is 26.4 Å². The molecule has 1 saturated heterocycles. The van der Waals surface area contributed by atoms with Crippen molar-refractivity contribution in [3.05, 3.63) is 60.0 Å². The summed E-state index contributed by atoms with van der Waals surface area (Å²) in [6.07, 6.45) is 6.58. The van der Waals surface area contributed by atoms with Gasteiger partial charge in [-0.25, -0.2) is 13.4 Å². The fraction of sp³-hybridized carbons (Fsp3) is 0.409. The van der Waals surface area contributed by atoms with E-state index in [2.05, 4.69) is 15.5 Å². The number of carbonyl (C=O) groups is 1. The molecule has 3 heterocycles. The molecular weight excluding hydrogens is 430 g/mol. The van der Waals surface area contributed by atoms with Gasteiger partial charge in [0.2, 0.25) is 15.9 Å². The Morgan fingerprint density at radius 2 is 2.00 bits per heavy atom. The van der Waals surface area contributed by atoms with Gasteiger partial charge in [0.25, 0.3) is 0 Å². The molecule has 0 radical (unpaired) electrons. The number of carbonyl (C=O) groups excluding carboxylic acids is 1. The maximum absolute atomic E-state index is 13.1. The monoisotopic (exact) mass is 457 g/mol. The van der Waals surface area contributed by atoms with Crippen molar-refractivity contribution < 1.29 is 17.7 Å². The van der Waals surface area contributed by atoms with Crippen LogP contribution in [0.2, 0.25) is 0 Å². The number of piperidine rings is 1. The van der Waals surface area contributed by atoms with Gasteiger partial charge in [-0.1, -0.05) is 17.3 Å². The zero-order chi connectivity index (χ0) is 22.9. The van der Waals surface area contributed by atoms with Crippen molar-refractivity contribution in [1.29, 1.82) is 0 Å². The van der Waals surface area contributed by atoms with Crippen LogP contribution in [0.4, 0.5) is 0 Å². The molecule has 3 aromatic rings. The van der Waals surface area contributed by atoms with Gasteiger partial charge in [0, 0.05) is 31.2 Å². The Hall–Kier alpha value is -2.98. The summed E-state index contributed by atoms with van der Waals surface area (Å²) >= 11 is 0. The van der Waals surface area contributed by atoms with Crippen LogP contribution in [0.3, 0.4) is 0 Å². The first-order valence-electron chi connectivity index (χ1n) is 10.6. The molecule has 0 spiro atoms. The van der Waals surface area contributed by atoms with E-state index in [0.717, 1.165) is 11.3 Å². The number of amides is 1. The highest BCUT2D eigenvalue weighted by atomic mass is 32.2. The van der Waals surface area contributed by atoms with Crippen LogP contribution >= 0.6 is 0 Å². The van der Waals surface area contributed by atoms with Gasteiger partial charge >= 0.3 is 0 Å². The Balaban J connectivity index is 1.42. The zero-order valence-corrected chi connectivity index (χ0v) is 19.2. The predicted octanol–water partition coefficient (Wildman–Crippen LogP) is 2.76. The van der Waals surface area contributed by atoms with E-state index >= 15 is 0 Å². The highest BCUT2D eigenvalue weighted by molar-refractivity contribution is 7.89. The Morgan fingerprint density at radius 3 is 2.62 bits per heavy atom. The molecular formula is C22H27N5O4S. The molecule has 9 nitrogen and oxygen atoms in total. The van der Waals surface area contributed by atoms with Crippen LogP contribution in [0, 0.1) is 19.8 Å². The van der Waals surface area contributed by atoms with Crippen LogP contribution in [0.5, 0.6) is 0 Å². The maximum Gasteiger partial charge on any atom is 0.248 e.